The summed E-state index contributed by atoms with van der Waals surface area (Å²) in [7, 11) is 1.61. The van der Waals surface area contributed by atoms with Gasteiger partial charge in [-0.1, -0.05) is 77.0 Å². The van der Waals surface area contributed by atoms with E-state index in [1.807, 2.05) is 60.7 Å². The fraction of sp³-hybridized carbons (Fsp3) is 0.514. The number of ether oxygens (including phenoxy) is 2. The maximum absolute atomic E-state index is 14.3. The van der Waals surface area contributed by atoms with Gasteiger partial charge in [0.25, 0.3) is 0 Å². The number of hydrogen-bond donors (Lipinski definition) is 2. The molecule has 1 saturated carbocycles. The van der Waals surface area contributed by atoms with Crippen LogP contribution in [0.2, 0.25) is 0 Å². The molecule has 8 nitrogen and oxygen atoms in total. The molecule has 6 rings (SSSR count). The molecule has 3 heterocycles. The molecular formula is C35H43N3O5. The van der Waals surface area contributed by atoms with Gasteiger partial charge in [0.05, 0.1) is 25.0 Å². The summed E-state index contributed by atoms with van der Waals surface area (Å²) in [5.41, 5.74) is 1.52. The standard InChI is InChI=1S/C35H43N3O5/c1-20(2)24-11-13-25(14-12-24)36-32(39)29-28-17-18-35(43-28)30(29)34(41)38(19-23-9-15-26(42-5)16-10-23)31(35)33(40)37-27-8-6-7-21(3)22(27)4/h9-18,20-22,27-31H,6-8,19H2,1-5H3,(H,36,39)(H,37,40)/t21-,22+,27+,28-,29+,30-,31-,35-/m0/s1. The third-order valence-corrected chi connectivity index (χ3v) is 10.3. The van der Waals surface area contributed by atoms with E-state index in [9.17, 15) is 14.4 Å². The van der Waals surface area contributed by atoms with Crippen molar-refractivity contribution in [1.29, 1.82) is 0 Å². The minimum Gasteiger partial charge on any atom is -0.497 e. The number of carbonyl (C=O) groups is 3. The number of likely N-dealkylation sites (tertiary alicyclic amines) is 1. The normalized spacial score (nSPS) is 32.7. The SMILES string of the molecule is COc1ccc(CN2C(=O)[C@@H]3[C@H](C(=O)Nc4ccc(C(C)C)cc4)[C@@H]4C=C[C@@]3(O4)[C@@H]2C(=O)N[C@@H]2CCC[C@H](C)[C@H]2C)cc1. The molecule has 1 aliphatic carbocycles. The maximum Gasteiger partial charge on any atom is 0.246 e. The van der Waals surface area contributed by atoms with Crippen molar-refractivity contribution in [3.63, 3.8) is 0 Å². The molecule has 4 aliphatic rings. The van der Waals surface area contributed by atoms with E-state index < -0.39 is 29.6 Å². The van der Waals surface area contributed by atoms with Crippen LogP contribution in [0.5, 0.6) is 5.75 Å². The smallest absolute Gasteiger partial charge is 0.246 e. The predicted octanol–water partition coefficient (Wildman–Crippen LogP) is 5.05. The highest BCUT2D eigenvalue weighted by Gasteiger charge is 2.72. The van der Waals surface area contributed by atoms with Crippen molar-refractivity contribution in [2.45, 2.75) is 83.2 Å². The quantitative estimate of drug-likeness (QED) is 0.423. The molecule has 8 heteroatoms. The second kappa shape index (κ2) is 11.5. The number of fused-ring (bicyclic) bond motifs is 1. The summed E-state index contributed by atoms with van der Waals surface area (Å²) in [6.45, 7) is 8.89. The van der Waals surface area contributed by atoms with Crippen LogP contribution in [0.4, 0.5) is 5.69 Å². The van der Waals surface area contributed by atoms with E-state index in [2.05, 4.69) is 38.3 Å². The molecule has 1 spiro atoms. The minimum atomic E-state index is -1.20. The average molecular weight is 586 g/mol. The van der Waals surface area contributed by atoms with Gasteiger partial charge in [0.1, 0.15) is 17.4 Å². The molecule has 0 unspecified atom stereocenters. The summed E-state index contributed by atoms with van der Waals surface area (Å²) in [5.74, 6) is -0.335. The molecule has 3 aliphatic heterocycles. The van der Waals surface area contributed by atoms with Crippen LogP contribution in [0.1, 0.15) is 64.0 Å². The highest BCUT2D eigenvalue weighted by Crippen LogP contribution is 2.55. The zero-order valence-electron chi connectivity index (χ0n) is 25.7. The first kappa shape index (κ1) is 29.4. The highest BCUT2D eigenvalue weighted by atomic mass is 16.5. The molecule has 2 aromatic carbocycles. The molecule has 2 bridgehead atoms. The Hall–Kier alpha value is -3.65. The lowest BCUT2D eigenvalue weighted by Gasteiger charge is -2.38. The molecule has 3 fully saturated rings. The van der Waals surface area contributed by atoms with Crippen LogP contribution in [0.15, 0.2) is 60.7 Å². The highest BCUT2D eigenvalue weighted by molar-refractivity contribution is 6.02. The Bertz CT molecular complexity index is 1400. The number of carbonyl (C=O) groups excluding carboxylic acids is 3. The van der Waals surface area contributed by atoms with E-state index in [0.717, 1.165) is 24.8 Å². The van der Waals surface area contributed by atoms with E-state index >= 15 is 0 Å². The Morgan fingerprint density at radius 3 is 2.44 bits per heavy atom. The van der Waals surface area contributed by atoms with Crippen LogP contribution in [0.3, 0.4) is 0 Å². The number of rotatable bonds is 8. The van der Waals surface area contributed by atoms with Crippen molar-refractivity contribution in [3.8, 4) is 5.75 Å². The van der Waals surface area contributed by atoms with Crippen molar-refractivity contribution in [3.05, 3.63) is 71.8 Å². The summed E-state index contributed by atoms with van der Waals surface area (Å²) in [4.78, 5) is 44.0. The minimum absolute atomic E-state index is 0.0279. The van der Waals surface area contributed by atoms with Crippen LogP contribution < -0.4 is 15.4 Å². The molecular weight excluding hydrogens is 542 g/mol. The first-order chi connectivity index (χ1) is 20.6. The molecule has 0 aromatic heterocycles. The van der Waals surface area contributed by atoms with Crippen molar-refractivity contribution < 1.29 is 23.9 Å². The van der Waals surface area contributed by atoms with E-state index in [1.54, 1.807) is 12.0 Å². The number of methoxy groups -OCH3 is 1. The van der Waals surface area contributed by atoms with Crippen molar-refractivity contribution in [2.24, 2.45) is 23.7 Å². The van der Waals surface area contributed by atoms with E-state index in [1.165, 1.54) is 5.56 Å². The zero-order valence-corrected chi connectivity index (χ0v) is 25.7. The van der Waals surface area contributed by atoms with E-state index in [4.69, 9.17) is 9.47 Å². The lowest BCUT2D eigenvalue weighted by molar-refractivity contribution is -0.142. The van der Waals surface area contributed by atoms with Gasteiger partial charge in [-0.2, -0.15) is 0 Å². The molecule has 2 saturated heterocycles. The molecule has 2 aromatic rings. The summed E-state index contributed by atoms with van der Waals surface area (Å²) < 4.78 is 11.8. The third kappa shape index (κ3) is 5.13. The number of amides is 3. The van der Waals surface area contributed by atoms with Crippen molar-refractivity contribution in [2.75, 3.05) is 12.4 Å². The van der Waals surface area contributed by atoms with Gasteiger partial charge in [-0.05, 0) is 59.6 Å². The van der Waals surface area contributed by atoms with Gasteiger partial charge in [-0.25, -0.2) is 0 Å². The van der Waals surface area contributed by atoms with Gasteiger partial charge in [0.15, 0.2) is 0 Å². The number of nitrogens with one attached hydrogen (secondary N) is 2. The second-order valence-electron chi connectivity index (χ2n) is 13.2. The topological polar surface area (TPSA) is 97.0 Å². The summed E-state index contributed by atoms with van der Waals surface area (Å²) >= 11 is 0. The first-order valence-corrected chi connectivity index (χ1v) is 15.6. The molecule has 8 atom stereocenters. The summed E-state index contributed by atoms with van der Waals surface area (Å²) in [6, 6.07) is 14.4. The predicted molar refractivity (Wildman–Crippen MR) is 164 cm³/mol. The zero-order chi connectivity index (χ0) is 30.5. The Kier molecular flexibility index (Phi) is 7.84. The fourth-order valence-electron chi connectivity index (χ4n) is 7.59. The van der Waals surface area contributed by atoms with Gasteiger partial charge >= 0.3 is 0 Å². The Labute approximate surface area is 254 Å². The monoisotopic (exact) mass is 585 g/mol. The number of benzene rings is 2. The van der Waals surface area contributed by atoms with Crippen LogP contribution in [-0.4, -0.2) is 53.5 Å². The summed E-state index contributed by atoms with van der Waals surface area (Å²) in [5, 5.41) is 6.34. The van der Waals surface area contributed by atoms with Gasteiger partial charge in [-0.3, -0.25) is 14.4 Å². The molecule has 2 N–H and O–H groups in total. The van der Waals surface area contributed by atoms with Gasteiger partial charge in [0.2, 0.25) is 17.7 Å². The van der Waals surface area contributed by atoms with Crippen LogP contribution in [0.25, 0.3) is 0 Å². The van der Waals surface area contributed by atoms with Gasteiger partial charge in [-0.15, -0.1) is 0 Å². The maximum atomic E-state index is 14.3. The molecule has 3 amide bonds. The van der Waals surface area contributed by atoms with Crippen LogP contribution in [-0.2, 0) is 25.7 Å². The molecule has 43 heavy (non-hydrogen) atoms. The lowest BCUT2D eigenvalue weighted by Crippen LogP contribution is -2.57. The fourth-order valence-corrected chi connectivity index (χ4v) is 7.59. The van der Waals surface area contributed by atoms with Gasteiger partial charge < -0.3 is 25.0 Å². The van der Waals surface area contributed by atoms with Crippen molar-refractivity contribution in [1.82, 2.24) is 10.2 Å². The van der Waals surface area contributed by atoms with Crippen LogP contribution in [0, 0.1) is 23.7 Å². The van der Waals surface area contributed by atoms with Gasteiger partial charge in [0, 0.05) is 18.3 Å². The van der Waals surface area contributed by atoms with E-state index in [-0.39, 0.29) is 30.3 Å². The molecule has 0 radical (unpaired) electrons. The molecule has 228 valence electrons. The number of anilines is 1. The van der Waals surface area contributed by atoms with Crippen molar-refractivity contribution >= 4 is 23.4 Å². The van der Waals surface area contributed by atoms with Crippen LogP contribution >= 0.6 is 0 Å². The lowest BCUT2D eigenvalue weighted by atomic mass is 9.73. The number of hydrogen-bond acceptors (Lipinski definition) is 5. The first-order valence-electron chi connectivity index (χ1n) is 15.6. The van der Waals surface area contributed by atoms with E-state index in [0.29, 0.717) is 29.2 Å². The number of nitrogens with zero attached hydrogens (tertiary/aromatic N) is 1. The average Bonchev–Trinajstić information content (AvgIpc) is 3.63. The summed E-state index contributed by atoms with van der Waals surface area (Å²) in [6.07, 6.45) is 6.27. The largest absolute Gasteiger partial charge is 0.497 e. The Balaban J connectivity index is 1.30. The third-order valence-electron chi connectivity index (χ3n) is 10.3. The Morgan fingerprint density at radius 1 is 1.05 bits per heavy atom. The second-order valence-corrected chi connectivity index (χ2v) is 13.2. The Morgan fingerprint density at radius 2 is 1.77 bits per heavy atom.